The van der Waals surface area contributed by atoms with Gasteiger partial charge in [0.1, 0.15) is 0 Å². The molecule has 1 unspecified atom stereocenters. The maximum atomic E-state index is 12.4. The fraction of sp³-hybridized carbons (Fsp3) is 0.571. The average molecular weight is 377 g/mol. The number of benzene rings is 1. The molecule has 1 saturated heterocycles. The molecule has 1 heterocycles. The lowest BCUT2D eigenvalue weighted by atomic mass is 9.99. The summed E-state index contributed by atoms with van der Waals surface area (Å²) in [5.41, 5.74) is 0.593. The molecule has 0 aliphatic carbocycles. The third-order valence-corrected chi connectivity index (χ3v) is 6.08. The summed E-state index contributed by atoms with van der Waals surface area (Å²) < 4.78 is 33.6. The van der Waals surface area contributed by atoms with Crippen molar-refractivity contribution < 1.29 is 13.2 Å². The summed E-state index contributed by atoms with van der Waals surface area (Å²) in [5.74, 6) is 0. The Hall–Kier alpha value is -0.470. The van der Waals surface area contributed by atoms with Gasteiger partial charge in [-0.25, -0.2) is 13.1 Å². The Labute approximate surface area is 134 Å². The van der Waals surface area contributed by atoms with E-state index in [0.717, 1.165) is 29.4 Å². The highest BCUT2D eigenvalue weighted by Gasteiger charge is 2.34. The van der Waals surface area contributed by atoms with Gasteiger partial charge in [-0.1, -0.05) is 15.9 Å². The molecular weight excluding hydrogens is 356 g/mol. The monoisotopic (exact) mass is 376 g/mol. The molecular formula is C14H21BrN2O3S. The first-order chi connectivity index (χ1) is 9.88. The van der Waals surface area contributed by atoms with Gasteiger partial charge in [0.05, 0.1) is 17.0 Å². The number of nitrogens with one attached hydrogen (secondary N) is 2. The highest BCUT2D eigenvalue weighted by molar-refractivity contribution is 9.10. The van der Waals surface area contributed by atoms with E-state index in [1.54, 1.807) is 25.3 Å². The Morgan fingerprint density at radius 3 is 2.81 bits per heavy atom. The molecule has 1 atom stereocenters. The molecule has 1 fully saturated rings. The molecule has 1 aromatic carbocycles. The van der Waals surface area contributed by atoms with Gasteiger partial charge in [-0.05, 0) is 50.1 Å². The minimum atomic E-state index is -3.51. The van der Waals surface area contributed by atoms with Gasteiger partial charge >= 0.3 is 0 Å². The van der Waals surface area contributed by atoms with Gasteiger partial charge in [-0.2, -0.15) is 0 Å². The van der Waals surface area contributed by atoms with Crippen LogP contribution in [0, 0.1) is 6.92 Å². The molecule has 0 aromatic heterocycles. The van der Waals surface area contributed by atoms with E-state index in [0.29, 0.717) is 13.2 Å². The van der Waals surface area contributed by atoms with Gasteiger partial charge in [-0.15, -0.1) is 0 Å². The third kappa shape index (κ3) is 4.04. The minimum absolute atomic E-state index is 0.286. The third-order valence-electron chi connectivity index (χ3n) is 3.79. The molecule has 0 saturated carbocycles. The molecule has 2 N–H and O–H groups in total. The van der Waals surface area contributed by atoms with Gasteiger partial charge in [0.15, 0.2) is 0 Å². The number of hydrogen-bond acceptors (Lipinski definition) is 4. The average Bonchev–Trinajstić information content (AvgIpc) is 2.89. The number of ether oxygens (including phenoxy) is 1. The lowest BCUT2D eigenvalue weighted by Gasteiger charge is -2.28. The quantitative estimate of drug-likeness (QED) is 0.794. The zero-order valence-corrected chi connectivity index (χ0v) is 14.7. The maximum Gasteiger partial charge on any atom is 0.240 e. The van der Waals surface area contributed by atoms with Crippen LogP contribution in [0.25, 0.3) is 0 Å². The van der Waals surface area contributed by atoms with Crippen molar-refractivity contribution in [1.29, 1.82) is 0 Å². The van der Waals surface area contributed by atoms with Gasteiger partial charge in [0.2, 0.25) is 10.0 Å². The Morgan fingerprint density at radius 1 is 1.48 bits per heavy atom. The molecule has 2 rings (SSSR count). The van der Waals surface area contributed by atoms with Crippen LogP contribution in [0.3, 0.4) is 0 Å². The van der Waals surface area contributed by atoms with Gasteiger partial charge < -0.3 is 10.1 Å². The summed E-state index contributed by atoms with van der Waals surface area (Å²) in [4.78, 5) is 0.286. The SMILES string of the molecule is COCC1(CNS(=O)(=O)c2ccc(Br)c(C)c2)CCCN1. The van der Waals surface area contributed by atoms with E-state index in [1.807, 2.05) is 6.92 Å². The van der Waals surface area contributed by atoms with E-state index in [-0.39, 0.29) is 10.4 Å². The van der Waals surface area contributed by atoms with E-state index in [4.69, 9.17) is 4.74 Å². The minimum Gasteiger partial charge on any atom is -0.383 e. The standard InChI is InChI=1S/C14H21BrN2O3S/c1-11-8-12(4-5-13(11)15)21(18,19)17-9-14(10-20-2)6-3-7-16-14/h4-5,8,16-17H,3,6-7,9-10H2,1-2H3. The molecule has 1 aliphatic rings. The molecule has 1 aromatic rings. The van der Waals surface area contributed by atoms with E-state index >= 15 is 0 Å². The second-order valence-electron chi connectivity index (χ2n) is 5.48. The van der Waals surface area contributed by atoms with Gasteiger partial charge in [-0.3, -0.25) is 0 Å². The van der Waals surface area contributed by atoms with Crippen molar-refractivity contribution in [2.24, 2.45) is 0 Å². The fourth-order valence-electron chi connectivity index (χ4n) is 2.57. The van der Waals surface area contributed by atoms with Crippen LogP contribution in [-0.2, 0) is 14.8 Å². The second kappa shape index (κ2) is 6.75. The van der Waals surface area contributed by atoms with Crippen LogP contribution in [-0.4, -0.2) is 40.8 Å². The Bertz CT molecular complexity index is 598. The van der Waals surface area contributed by atoms with Crippen LogP contribution in [0.15, 0.2) is 27.6 Å². The predicted octanol–water partition coefficient (Wildman–Crippen LogP) is 1.80. The van der Waals surface area contributed by atoms with E-state index in [2.05, 4.69) is 26.0 Å². The molecule has 1 aliphatic heterocycles. The molecule has 118 valence electrons. The predicted molar refractivity (Wildman–Crippen MR) is 85.9 cm³/mol. The first-order valence-corrected chi connectivity index (χ1v) is 9.16. The summed E-state index contributed by atoms with van der Waals surface area (Å²) in [6.45, 7) is 3.59. The zero-order chi connectivity index (χ0) is 15.5. The van der Waals surface area contributed by atoms with Gasteiger partial charge in [0, 0.05) is 18.1 Å². The van der Waals surface area contributed by atoms with Crippen molar-refractivity contribution in [3.63, 3.8) is 0 Å². The van der Waals surface area contributed by atoms with E-state index < -0.39 is 10.0 Å². The second-order valence-corrected chi connectivity index (χ2v) is 8.10. The van der Waals surface area contributed by atoms with E-state index in [9.17, 15) is 8.42 Å². The number of methoxy groups -OCH3 is 1. The van der Waals surface area contributed by atoms with Crippen LogP contribution in [0.2, 0.25) is 0 Å². The number of hydrogen-bond donors (Lipinski definition) is 2. The Morgan fingerprint density at radius 2 is 2.24 bits per heavy atom. The zero-order valence-electron chi connectivity index (χ0n) is 12.3. The molecule has 7 heteroatoms. The highest BCUT2D eigenvalue weighted by atomic mass is 79.9. The van der Waals surface area contributed by atoms with Gasteiger partial charge in [0.25, 0.3) is 0 Å². The lowest BCUT2D eigenvalue weighted by Crippen LogP contribution is -2.52. The number of aryl methyl sites for hydroxylation is 1. The maximum absolute atomic E-state index is 12.4. The molecule has 0 bridgehead atoms. The Kier molecular flexibility index (Phi) is 5.43. The number of rotatable bonds is 6. The van der Waals surface area contributed by atoms with Crippen molar-refractivity contribution in [3.8, 4) is 0 Å². The largest absolute Gasteiger partial charge is 0.383 e. The van der Waals surface area contributed by atoms with Crippen molar-refractivity contribution >= 4 is 26.0 Å². The lowest BCUT2D eigenvalue weighted by molar-refractivity contribution is 0.122. The van der Waals surface area contributed by atoms with Crippen LogP contribution in [0.5, 0.6) is 0 Å². The summed E-state index contributed by atoms with van der Waals surface area (Å²) in [7, 11) is -1.88. The summed E-state index contributed by atoms with van der Waals surface area (Å²) >= 11 is 3.38. The van der Waals surface area contributed by atoms with Crippen LogP contribution in [0.1, 0.15) is 18.4 Å². The smallest absolute Gasteiger partial charge is 0.240 e. The van der Waals surface area contributed by atoms with Crippen molar-refractivity contribution in [3.05, 3.63) is 28.2 Å². The molecule has 5 nitrogen and oxygen atoms in total. The fourth-order valence-corrected chi connectivity index (χ4v) is 4.03. The normalized spacial score (nSPS) is 22.6. The van der Waals surface area contributed by atoms with E-state index in [1.165, 1.54) is 0 Å². The van der Waals surface area contributed by atoms with Crippen LogP contribution >= 0.6 is 15.9 Å². The number of halogens is 1. The summed E-state index contributed by atoms with van der Waals surface area (Å²) in [6.07, 6.45) is 1.94. The first kappa shape index (κ1) is 16.9. The Balaban J connectivity index is 2.11. The molecule has 0 radical (unpaired) electrons. The highest BCUT2D eigenvalue weighted by Crippen LogP contribution is 2.22. The topological polar surface area (TPSA) is 67.4 Å². The van der Waals surface area contributed by atoms with Crippen molar-refractivity contribution in [2.45, 2.75) is 30.2 Å². The molecule has 0 amide bonds. The molecule has 21 heavy (non-hydrogen) atoms. The van der Waals surface area contributed by atoms with Crippen molar-refractivity contribution in [2.75, 3.05) is 26.8 Å². The van der Waals surface area contributed by atoms with Crippen molar-refractivity contribution in [1.82, 2.24) is 10.0 Å². The van der Waals surface area contributed by atoms with Crippen LogP contribution in [0.4, 0.5) is 0 Å². The summed E-state index contributed by atoms with van der Waals surface area (Å²) in [5, 5.41) is 3.36. The first-order valence-electron chi connectivity index (χ1n) is 6.88. The number of sulfonamides is 1. The summed E-state index contributed by atoms with van der Waals surface area (Å²) in [6, 6.07) is 5.02. The molecule has 0 spiro atoms. The van der Waals surface area contributed by atoms with Crippen LogP contribution < -0.4 is 10.0 Å².